The van der Waals surface area contributed by atoms with Crippen molar-refractivity contribution in [2.24, 2.45) is 0 Å². The largest absolute Gasteiger partial charge is 0.497 e. The lowest BCUT2D eigenvalue weighted by atomic mass is 10.1. The molecule has 0 aliphatic heterocycles. The third-order valence-electron chi connectivity index (χ3n) is 4.92. The number of methoxy groups -OCH3 is 4. The monoisotopic (exact) mass is 425 g/mol. The normalized spacial score (nSPS) is 10.5. The number of amides is 1. The van der Waals surface area contributed by atoms with Gasteiger partial charge in [-0.2, -0.15) is 5.10 Å². The standard InChI is InChI=1S/C23H27N3O5/c1-6-17-22(24-20(27)11-14-7-9-16(28-2)10-8-14)21(26-25-17)15-12-18(29-3)23(31-5)19(13-15)30-4/h7-10,12-13H,6,11H2,1-5H3,(H,24,27)(H,25,26). The van der Waals surface area contributed by atoms with E-state index in [4.69, 9.17) is 18.9 Å². The van der Waals surface area contributed by atoms with Gasteiger partial charge in [-0.25, -0.2) is 0 Å². The topological polar surface area (TPSA) is 94.7 Å². The number of H-pyrrole nitrogens is 1. The molecule has 164 valence electrons. The van der Waals surface area contributed by atoms with Crippen LogP contribution in [0.1, 0.15) is 18.2 Å². The fourth-order valence-electron chi connectivity index (χ4n) is 3.31. The van der Waals surface area contributed by atoms with Gasteiger partial charge in [-0.3, -0.25) is 9.89 Å². The summed E-state index contributed by atoms with van der Waals surface area (Å²) in [5, 5.41) is 10.5. The van der Waals surface area contributed by atoms with Gasteiger partial charge in [0.15, 0.2) is 11.5 Å². The van der Waals surface area contributed by atoms with E-state index in [-0.39, 0.29) is 12.3 Å². The first kappa shape index (κ1) is 22.0. The lowest BCUT2D eigenvalue weighted by Crippen LogP contribution is -2.15. The first-order chi connectivity index (χ1) is 15.0. The highest BCUT2D eigenvalue weighted by atomic mass is 16.5. The second-order valence-electron chi connectivity index (χ2n) is 6.77. The van der Waals surface area contributed by atoms with Crippen LogP contribution in [-0.2, 0) is 17.6 Å². The quantitative estimate of drug-likeness (QED) is 0.541. The number of anilines is 1. The first-order valence-electron chi connectivity index (χ1n) is 9.84. The highest BCUT2D eigenvalue weighted by Gasteiger charge is 2.21. The molecule has 1 amide bonds. The maximum Gasteiger partial charge on any atom is 0.228 e. The van der Waals surface area contributed by atoms with Crippen molar-refractivity contribution >= 4 is 11.6 Å². The van der Waals surface area contributed by atoms with E-state index in [1.54, 1.807) is 40.6 Å². The summed E-state index contributed by atoms with van der Waals surface area (Å²) >= 11 is 0. The highest BCUT2D eigenvalue weighted by molar-refractivity contribution is 5.97. The van der Waals surface area contributed by atoms with Crippen molar-refractivity contribution in [2.45, 2.75) is 19.8 Å². The fourth-order valence-corrected chi connectivity index (χ4v) is 3.31. The molecule has 8 nitrogen and oxygen atoms in total. The number of aromatic amines is 1. The van der Waals surface area contributed by atoms with Gasteiger partial charge in [0.1, 0.15) is 11.4 Å². The Morgan fingerprint density at radius 2 is 1.61 bits per heavy atom. The zero-order valence-corrected chi connectivity index (χ0v) is 18.4. The molecule has 0 aliphatic rings. The minimum absolute atomic E-state index is 0.144. The van der Waals surface area contributed by atoms with Crippen molar-refractivity contribution in [1.82, 2.24) is 10.2 Å². The van der Waals surface area contributed by atoms with Gasteiger partial charge in [-0.05, 0) is 36.2 Å². The minimum Gasteiger partial charge on any atom is -0.497 e. The molecular weight excluding hydrogens is 398 g/mol. The molecule has 0 saturated carbocycles. The Labute approximate surface area is 181 Å². The smallest absolute Gasteiger partial charge is 0.228 e. The highest BCUT2D eigenvalue weighted by Crippen LogP contribution is 2.42. The Kier molecular flexibility index (Phi) is 7.02. The fraction of sp³-hybridized carbons (Fsp3) is 0.304. The van der Waals surface area contributed by atoms with Gasteiger partial charge in [-0.1, -0.05) is 19.1 Å². The molecule has 2 N–H and O–H groups in total. The average Bonchev–Trinajstić information content (AvgIpc) is 3.20. The van der Waals surface area contributed by atoms with E-state index in [0.717, 1.165) is 22.6 Å². The molecule has 0 unspecified atom stereocenters. The van der Waals surface area contributed by atoms with E-state index in [9.17, 15) is 4.79 Å². The number of rotatable bonds is 9. The summed E-state index contributed by atoms with van der Waals surface area (Å²) in [4.78, 5) is 12.8. The molecule has 3 rings (SSSR count). The predicted octanol–water partition coefficient (Wildman–Crippen LogP) is 3.85. The Balaban J connectivity index is 1.92. The summed E-state index contributed by atoms with van der Waals surface area (Å²) in [5.41, 5.74) is 3.67. The van der Waals surface area contributed by atoms with E-state index in [1.807, 2.05) is 31.2 Å². The first-order valence-corrected chi connectivity index (χ1v) is 9.84. The Bertz CT molecular complexity index is 1020. The zero-order chi connectivity index (χ0) is 22.4. The molecule has 0 spiro atoms. The van der Waals surface area contributed by atoms with Crippen molar-refractivity contribution in [3.63, 3.8) is 0 Å². The van der Waals surface area contributed by atoms with Crippen molar-refractivity contribution in [3.05, 3.63) is 47.7 Å². The molecule has 0 aliphatic carbocycles. The molecule has 0 saturated heterocycles. The number of aryl methyl sites for hydroxylation is 1. The molecular formula is C23H27N3O5. The van der Waals surface area contributed by atoms with Gasteiger partial charge in [-0.15, -0.1) is 0 Å². The number of benzene rings is 2. The average molecular weight is 425 g/mol. The van der Waals surface area contributed by atoms with Crippen LogP contribution in [0, 0.1) is 0 Å². The predicted molar refractivity (Wildman–Crippen MR) is 118 cm³/mol. The molecule has 0 radical (unpaired) electrons. The lowest BCUT2D eigenvalue weighted by Gasteiger charge is -2.14. The Morgan fingerprint density at radius 3 is 2.13 bits per heavy atom. The van der Waals surface area contributed by atoms with Gasteiger partial charge in [0, 0.05) is 5.56 Å². The number of carbonyl (C=O) groups excluding carboxylic acids is 1. The van der Waals surface area contributed by atoms with Crippen LogP contribution in [-0.4, -0.2) is 44.5 Å². The Hall–Kier alpha value is -3.68. The molecule has 8 heteroatoms. The van der Waals surface area contributed by atoms with Gasteiger partial charge in [0.2, 0.25) is 11.7 Å². The van der Waals surface area contributed by atoms with Crippen LogP contribution < -0.4 is 24.3 Å². The second-order valence-corrected chi connectivity index (χ2v) is 6.77. The molecule has 0 atom stereocenters. The summed E-state index contributed by atoms with van der Waals surface area (Å²) in [6.07, 6.45) is 0.905. The number of hydrogen-bond acceptors (Lipinski definition) is 6. The van der Waals surface area contributed by atoms with E-state index < -0.39 is 0 Å². The van der Waals surface area contributed by atoms with Gasteiger partial charge in [0.25, 0.3) is 0 Å². The summed E-state index contributed by atoms with van der Waals surface area (Å²) in [6, 6.07) is 11.0. The molecule has 0 fully saturated rings. The van der Waals surface area contributed by atoms with E-state index in [0.29, 0.717) is 35.1 Å². The van der Waals surface area contributed by atoms with Gasteiger partial charge in [0.05, 0.1) is 46.2 Å². The molecule has 1 heterocycles. The zero-order valence-electron chi connectivity index (χ0n) is 18.4. The van der Waals surface area contributed by atoms with Crippen LogP contribution in [0.5, 0.6) is 23.0 Å². The van der Waals surface area contributed by atoms with E-state index >= 15 is 0 Å². The number of nitrogens with one attached hydrogen (secondary N) is 2. The van der Waals surface area contributed by atoms with Gasteiger partial charge < -0.3 is 24.3 Å². The van der Waals surface area contributed by atoms with Crippen LogP contribution in [0.15, 0.2) is 36.4 Å². The Morgan fingerprint density at radius 1 is 0.968 bits per heavy atom. The molecule has 31 heavy (non-hydrogen) atoms. The molecule has 1 aromatic heterocycles. The van der Waals surface area contributed by atoms with Crippen molar-refractivity contribution in [3.8, 4) is 34.3 Å². The minimum atomic E-state index is -0.144. The van der Waals surface area contributed by atoms with E-state index in [1.165, 1.54) is 0 Å². The van der Waals surface area contributed by atoms with Crippen molar-refractivity contribution in [1.29, 1.82) is 0 Å². The van der Waals surface area contributed by atoms with Crippen molar-refractivity contribution < 1.29 is 23.7 Å². The van der Waals surface area contributed by atoms with Crippen LogP contribution in [0.2, 0.25) is 0 Å². The van der Waals surface area contributed by atoms with Crippen molar-refractivity contribution in [2.75, 3.05) is 33.8 Å². The second kappa shape index (κ2) is 9.88. The summed E-state index contributed by atoms with van der Waals surface area (Å²) in [5.74, 6) is 2.11. The van der Waals surface area contributed by atoms with Crippen LogP contribution in [0.25, 0.3) is 11.3 Å². The number of ether oxygens (including phenoxy) is 4. The number of carbonyl (C=O) groups is 1. The summed E-state index contributed by atoms with van der Waals surface area (Å²) in [7, 11) is 6.27. The maximum atomic E-state index is 12.8. The lowest BCUT2D eigenvalue weighted by molar-refractivity contribution is -0.115. The summed E-state index contributed by atoms with van der Waals surface area (Å²) in [6.45, 7) is 1.99. The van der Waals surface area contributed by atoms with E-state index in [2.05, 4.69) is 15.5 Å². The summed E-state index contributed by atoms with van der Waals surface area (Å²) < 4.78 is 21.5. The third kappa shape index (κ3) is 4.74. The molecule has 0 bridgehead atoms. The SMILES string of the molecule is CCc1[nH]nc(-c2cc(OC)c(OC)c(OC)c2)c1NC(=O)Cc1ccc(OC)cc1. The number of aromatic nitrogens is 2. The number of hydrogen-bond donors (Lipinski definition) is 2. The van der Waals surface area contributed by atoms with Crippen LogP contribution >= 0.6 is 0 Å². The van der Waals surface area contributed by atoms with Crippen LogP contribution in [0.4, 0.5) is 5.69 Å². The maximum absolute atomic E-state index is 12.8. The van der Waals surface area contributed by atoms with Gasteiger partial charge >= 0.3 is 0 Å². The number of nitrogens with zero attached hydrogens (tertiary/aromatic N) is 1. The van der Waals surface area contributed by atoms with Crippen LogP contribution in [0.3, 0.4) is 0 Å². The molecule has 2 aromatic carbocycles. The molecule has 3 aromatic rings. The third-order valence-corrected chi connectivity index (χ3v) is 4.92.